The smallest absolute Gasteiger partial charge is 0.251 e. The topological polar surface area (TPSA) is 86.8 Å². The van der Waals surface area contributed by atoms with Gasteiger partial charge in [0.2, 0.25) is 15.9 Å². The summed E-state index contributed by atoms with van der Waals surface area (Å²) < 4.78 is 26.4. The Bertz CT molecular complexity index is 1030. The second-order valence-electron chi connectivity index (χ2n) is 7.09. The van der Waals surface area contributed by atoms with Crippen LogP contribution in [0.2, 0.25) is 0 Å². The minimum Gasteiger partial charge on any atom is -0.343 e. The molecule has 0 saturated carbocycles. The van der Waals surface area contributed by atoms with Gasteiger partial charge in [0, 0.05) is 37.2 Å². The Labute approximate surface area is 177 Å². The third kappa shape index (κ3) is 5.77. The first-order valence-corrected chi connectivity index (χ1v) is 11.2. The van der Waals surface area contributed by atoms with Crippen LogP contribution in [0, 0.1) is 6.92 Å². The van der Waals surface area contributed by atoms with Crippen LogP contribution in [0.3, 0.4) is 0 Å². The molecule has 1 aliphatic rings. The summed E-state index contributed by atoms with van der Waals surface area (Å²) in [5, 5.41) is 3.83. The maximum Gasteiger partial charge on any atom is 0.251 e. The van der Waals surface area contributed by atoms with Crippen molar-refractivity contribution in [3.8, 4) is 0 Å². The predicted octanol–water partition coefficient (Wildman–Crippen LogP) is 1.87. The molecular formula is C22H25N3O4S. The molecule has 1 heterocycles. The fourth-order valence-corrected chi connectivity index (χ4v) is 4.34. The van der Waals surface area contributed by atoms with Gasteiger partial charge in [-0.2, -0.15) is 4.31 Å². The van der Waals surface area contributed by atoms with Crippen molar-refractivity contribution < 1.29 is 18.0 Å². The molecule has 8 heteroatoms. The van der Waals surface area contributed by atoms with Gasteiger partial charge in [0.25, 0.3) is 5.91 Å². The van der Waals surface area contributed by atoms with Crippen molar-refractivity contribution in [1.29, 1.82) is 0 Å². The molecule has 0 bridgehead atoms. The quantitative estimate of drug-likeness (QED) is 0.763. The predicted molar refractivity (Wildman–Crippen MR) is 116 cm³/mol. The third-order valence-electron chi connectivity index (χ3n) is 4.86. The first kappa shape index (κ1) is 21.7. The van der Waals surface area contributed by atoms with Gasteiger partial charge in [0.1, 0.15) is 0 Å². The average molecular weight is 428 g/mol. The normalized spacial score (nSPS) is 15.3. The zero-order valence-electron chi connectivity index (χ0n) is 16.8. The van der Waals surface area contributed by atoms with E-state index in [1.54, 1.807) is 29.2 Å². The van der Waals surface area contributed by atoms with Crippen LogP contribution in [-0.4, -0.2) is 62.2 Å². The Balaban J connectivity index is 1.49. The van der Waals surface area contributed by atoms with E-state index in [0.717, 1.165) is 11.1 Å². The van der Waals surface area contributed by atoms with Crippen molar-refractivity contribution in [2.75, 3.05) is 32.7 Å². The highest BCUT2D eigenvalue weighted by atomic mass is 32.2. The summed E-state index contributed by atoms with van der Waals surface area (Å²) in [6.07, 6.45) is 1.56. The highest BCUT2D eigenvalue weighted by molar-refractivity contribution is 7.92. The molecule has 0 unspecified atom stereocenters. The van der Waals surface area contributed by atoms with E-state index in [1.165, 1.54) is 9.71 Å². The highest BCUT2D eigenvalue weighted by Gasteiger charge is 2.27. The second-order valence-corrected chi connectivity index (χ2v) is 8.91. The van der Waals surface area contributed by atoms with Gasteiger partial charge >= 0.3 is 0 Å². The Kier molecular flexibility index (Phi) is 7.02. The van der Waals surface area contributed by atoms with Crippen molar-refractivity contribution in [2.45, 2.75) is 6.92 Å². The molecule has 30 heavy (non-hydrogen) atoms. The van der Waals surface area contributed by atoms with E-state index < -0.39 is 10.0 Å². The minimum absolute atomic E-state index is 0.118. The van der Waals surface area contributed by atoms with Crippen LogP contribution < -0.4 is 5.32 Å². The zero-order valence-corrected chi connectivity index (χ0v) is 17.6. The number of amides is 2. The number of hydrogen-bond donors (Lipinski definition) is 1. The van der Waals surface area contributed by atoms with Gasteiger partial charge < -0.3 is 10.2 Å². The molecule has 2 aromatic carbocycles. The molecule has 1 fully saturated rings. The highest BCUT2D eigenvalue weighted by Crippen LogP contribution is 2.12. The fourth-order valence-electron chi connectivity index (χ4n) is 3.16. The Morgan fingerprint density at radius 2 is 1.70 bits per heavy atom. The number of piperazine rings is 1. The maximum atomic E-state index is 12.5. The molecule has 2 aromatic rings. The molecule has 0 aliphatic carbocycles. The Morgan fingerprint density at radius 1 is 1.00 bits per heavy atom. The standard InChI is InChI=1S/C22H25N3O4S/c1-18-6-5-9-20(16-18)22(27)23-17-21(26)24-11-13-25(14-12-24)30(28,29)15-10-19-7-3-2-4-8-19/h2-10,15-16H,11-14,17H2,1H3,(H,23,27)/b15-10+. The van der Waals surface area contributed by atoms with Crippen LogP contribution in [0.5, 0.6) is 0 Å². The SMILES string of the molecule is Cc1cccc(C(=O)NCC(=O)N2CCN(S(=O)(=O)/C=C/c3ccccc3)CC2)c1. The van der Waals surface area contributed by atoms with Crippen molar-refractivity contribution >= 4 is 27.9 Å². The van der Waals surface area contributed by atoms with Crippen LogP contribution >= 0.6 is 0 Å². The Morgan fingerprint density at radius 3 is 2.37 bits per heavy atom. The van der Waals surface area contributed by atoms with Gasteiger partial charge in [-0.15, -0.1) is 0 Å². The van der Waals surface area contributed by atoms with Gasteiger partial charge in [-0.25, -0.2) is 8.42 Å². The third-order valence-corrected chi connectivity index (χ3v) is 6.43. The number of rotatable bonds is 6. The summed E-state index contributed by atoms with van der Waals surface area (Å²) in [7, 11) is -3.55. The second kappa shape index (κ2) is 9.69. The van der Waals surface area contributed by atoms with Crippen molar-refractivity contribution in [2.24, 2.45) is 0 Å². The largest absolute Gasteiger partial charge is 0.343 e. The monoisotopic (exact) mass is 427 g/mol. The summed E-state index contributed by atoms with van der Waals surface area (Å²) in [6.45, 7) is 2.80. The Hall–Kier alpha value is -2.97. The number of carbonyl (C=O) groups is 2. The summed E-state index contributed by atoms with van der Waals surface area (Å²) in [5.41, 5.74) is 2.27. The summed E-state index contributed by atoms with van der Waals surface area (Å²) >= 11 is 0. The van der Waals surface area contributed by atoms with Gasteiger partial charge in [0.15, 0.2) is 0 Å². The van der Waals surface area contributed by atoms with E-state index in [1.807, 2.05) is 43.3 Å². The van der Waals surface area contributed by atoms with Crippen LogP contribution in [-0.2, 0) is 14.8 Å². The maximum absolute atomic E-state index is 12.5. The zero-order chi connectivity index (χ0) is 21.6. The number of aryl methyl sites for hydroxylation is 1. The molecule has 1 aliphatic heterocycles. The van der Waals surface area contributed by atoms with Crippen molar-refractivity contribution in [1.82, 2.24) is 14.5 Å². The molecule has 0 aromatic heterocycles. The van der Waals surface area contributed by atoms with Gasteiger partial charge in [0.05, 0.1) is 6.54 Å². The number of hydrogen-bond acceptors (Lipinski definition) is 4. The number of nitrogens with zero attached hydrogens (tertiary/aromatic N) is 2. The lowest BCUT2D eigenvalue weighted by atomic mass is 10.1. The lowest BCUT2D eigenvalue weighted by molar-refractivity contribution is -0.131. The summed E-state index contributed by atoms with van der Waals surface area (Å²) in [4.78, 5) is 26.1. The summed E-state index contributed by atoms with van der Waals surface area (Å²) in [5.74, 6) is -0.535. The van der Waals surface area contributed by atoms with E-state index >= 15 is 0 Å². The fraction of sp³-hybridized carbons (Fsp3) is 0.273. The van der Waals surface area contributed by atoms with Crippen LogP contribution in [0.15, 0.2) is 60.0 Å². The summed E-state index contributed by atoms with van der Waals surface area (Å²) in [6, 6.07) is 16.3. The number of benzene rings is 2. The number of carbonyl (C=O) groups excluding carboxylic acids is 2. The molecule has 1 N–H and O–H groups in total. The van der Waals surface area contributed by atoms with E-state index in [2.05, 4.69) is 5.32 Å². The average Bonchev–Trinajstić information content (AvgIpc) is 2.76. The van der Waals surface area contributed by atoms with Gasteiger partial charge in [-0.1, -0.05) is 48.0 Å². The van der Waals surface area contributed by atoms with Crippen molar-refractivity contribution in [3.05, 3.63) is 76.7 Å². The molecule has 158 valence electrons. The van der Waals surface area contributed by atoms with Crippen LogP contribution in [0.25, 0.3) is 6.08 Å². The molecule has 0 radical (unpaired) electrons. The van der Waals surface area contributed by atoms with Gasteiger partial charge in [-0.05, 0) is 30.7 Å². The molecule has 0 spiro atoms. The molecule has 2 amide bonds. The lowest BCUT2D eigenvalue weighted by Gasteiger charge is -2.33. The molecular weight excluding hydrogens is 402 g/mol. The van der Waals surface area contributed by atoms with E-state index in [-0.39, 0.29) is 44.5 Å². The van der Waals surface area contributed by atoms with Crippen LogP contribution in [0.1, 0.15) is 21.5 Å². The first-order valence-electron chi connectivity index (χ1n) is 9.71. The van der Waals surface area contributed by atoms with Crippen molar-refractivity contribution in [3.63, 3.8) is 0 Å². The number of nitrogens with one attached hydrogen (secondary N) is 1. The molecule has 1 saturated heterocycles. The first-order chi connectivity index (χ1) is 14.3. The minimum atomic E-state index is -3.55. The van der Waals surface area contributed by atoms with E-state index in [4.69, 9.17) is 0 Å². The van der Waals surface area contributed by atoms with Gasteiger partial charge in [-0.3, -0.25) is 9.59 Å². The molecule has 3 rings (SSSR count). The number of sulfonamides is 1. The molecule has 0 atom stereocenters. The lowest BCUT2D eigenvalue weighted by Crippen LogP contribution is -2.52. The van der Waals surface area contributed by atoms with Crippen LogP contribution in [0.4, 0.5) is 0 Å². The van der Waals surface area contributed by atoms with E-state index in [0.29, 0.717) is 5.56 Å². The molecule has 7 nitrogen and oxygen atoms in total. The van der Waals surface area contributed by atoms with E-state index in [9.17, 15) is 18.0 Å².